The minimum atomic E-state index is -1.28. The zero-order valence-electron chi connectivity index (χ0n) is 7.51. The molecule has 0 fully saturated rings. The first-order valence-electron chi connectivity index (χ1n) is 4.23. The van der Waals surface area contributed by atoms with E-state index >= 15 is 0 Å². The van der Waals surface area contributed by atoms with Gasteiger partial charge in [-0.25, -0.2) is 0 Å². The van der Waals surface area contributed by atoms with Crippen molar-refractivity contribution in [3.8, 4) is 5.75 Å². The number of phenolic OH excluding ortho intramolecular Hbond substituents is 1. The van der Waals surface area contributed by atoms with Gasteiger partial charge in [0.25, 0.3) is 0 Å². The highest BCUT2D eigenvalue weighted by Crippen LogP contribution is 2.14. The average Bonchev–Trinajstić information content (AvgIpc) is 2.08. The van der Waals surface area contributed by atoms with Crippen molar-refractivity contribution in [2.24, 2.45) is 5.92 Å². The van der Waals surface area contributed by atoms with Crippen LogP contribution in [0.1, 0.15) is 12.5 Å². The number of hydrogen-bond acceptors (Lipinski definition) is 3. The molecule has 1 rings (SSSR count). The summed E-state index contributed by atoms with van der Waals surface area (Å²) in [6.07, 6.45) is -0.688. The molecule has 0 saturated heterocycles. The highest BCUT2D eigenvalue weighted by Gasteiger charge is 2.10. The molecular formula is C10H14O3. The van der Waals surface area contributed by atoms with E-state index in [1.165, 1.54) is 0 Å². The van der Waals surface area contributed by atoms with Gasteiger partial charge < -0.3 is 15.3 Å². The first-order valence-corrected chi connectivity index (χ1v) is 4.23. The van der Waals surface area contributed by atoms with Crippen molar-refractivity contribution in [1.29, 1.82) is 0 Å². The highest BCUT2D eigenvalue weighted by molar-refractivity contribution is 5.26. The molecular weight excluding hydrogens is 168 g/mol. The van der Waals surface area contributed by atoms with Gasteiger partial charge in [-0.15, -0.1) is 0 Å². The second kappa shape index (κ2) is 4.25. The van der Waals surface area contributed by atoms with E-state index < -0.39 is 6.29 Å². The number of hydrogen-bond donors (Lipinski definition) is 3. The molecule has 3 heteroatoms. The van der Waals surface area contributed by atoms with Crippen molar-refractivity contribution in [3.05, 3.63) is 29.8 Å². The number of rotatable bonds is 3. The summed E-state index contributed by atoms with van der Waals surface area (Å²) in [7, 11) is 0. The average molecular weight is 182 g/mol. The van der Waals surface area contributed by atoms with Gasteiger partial charge in [0.15, 0.2) is 6.29 Å². The van der Waals surface area contributed by atoms with Crippen LogP contribution < -0.4 is 0 Å². The van der Waals surface area contributed by atoms with Crippen LogP contribution in [0.15, 0.2) is 24.3 Å². The first kappa shape index (κ1) is 10.0. The van der Waals surface area contributed by atoms with E-state index in [0.29, 0.717) is 6.42 Å². The predicted octanol–water partition coefficient (Wildman–Crippen LogP) is 0.881. The lowest BCUT2D eigenvalue weighted by Crippen LogP contribution is -2.18. The Morgan fingerprint density at radius 1 is 1.15 bits per heavy atom. The Labute approximate surface area is 77.3 Å². The van der Waals surface area contributed by atoms with Crippen LogP contribution in [0.4, 0.5) is 0 Å². The van der Waals surface area contributed by atoms with Crippen LogP contribution in [0.5, 0.6) is 5.75 Å². The lowest BCUT2D eigenvalue weighted by atomic mass is 10.0. The minimum Gasteiger partial charge on any atom is -0.508 e. The van der Waals surface area contributed by atoms with Gasteiger partial charge in [0.2, 0.25) is 0 Å². The predicted molar refractivity (Wildman–Crippen MR) is 49.2 cm³/mol. The Bertz CT molecular complexity index is 253. The maximum atomic E-state index is 9.00. The molecule has 0 saturated carbocycles. The van der Waals surface area contributed by atoms with E-state index in [9.17, 15) is 0 Å². The molecule has 1 atom stereocenters. The number of aliphatic hydroxyl groups is 2. The summed E-state index contributed by atoms with van der Waals surface area (Å²) < 4.78 is 0. The molecule has 1 aromatic rings. The Morgan fingerprint density at radius 2 is 1.69 bits per heavy atom. The molecule has 0 aliphatic heterocycles. The fourth-order valence-corrected chi connectivity index (χ4v) is 1.11. The van der Waals surface area contributed by atoms with Crippen molar-refractivity contribution in [2.75, 3.05) is 0 Å². The largest absolute Gasteiger partial charge is 0.508 e. The van der Waals surface area contributed by atoms with Crippen LogP contribution in [-0.2, 0) is 6.42 Å². The third kappa shape index (κ3) is 3.05. The van der Waals surface area contributed by atoms with E-state index in [1.807, 2.05) is 0 Å². The van der Waals surface area contributed by atoms with Crippen LogP contribution in [0.2, 0.25) is 0 Å². The normalized spacial score (nSPS) is 13.2. The Morgan fingerprint density at radius 3 is 2.15 bits per heavy atom. The van der Waals surface area contributed by atoms with Gasteiger partial charge in [-0.3, -0.25) is 0 Å². The lowest BCUT2D eigenvalue weighted by molar-refractivity contribution is -0.0780. The summed E-state index contributed by atoms with van der Waals surface area (Å²) in [6, 6.07) is 6.72. The van der Waals surface area contributed by atoms with Gasteiger partial charge >= 0.3 is 0 Å². The smallest absolute Gasteiger partial charge is 0.154 e. The zero-order valence-corrected chi connectivity index (χ0v) is 7.51. The number of phenols is 1. The third-order valence-corrected chi connectivity index (χ3v) is 2.00. The van der Waals surface area contributed by atoms with E-state index in [0.717, 1.165) is 5.56 Å². The van der Waals surface area contributed by atoms with Gasteiger partial charge in [0, 0.05) is 5.92 Å². The molecule has 3 nitrogen and oxygen atoms in total. The molecule has 0 aromatic heterocycles. The molecule has 1 unspecified atom stereocenters. The fourth-order valence-electron chi connectivity index (χ4n) is 1.11. The molecule has 0 bridgehead atoms. The van der Waals surface area contributed by atoms with Crippen molar-refractivity contribution in [1.82, 2.24) is 0 Å². The maximum Gasteiger partial charge on any atom is 0.154 e. The van der Waals surface area contributed by atoms with E-state index in [4.69, 9.17) is 15.3 Å². The highest BCUT2D eigenvalue weighted by atomic mass is 16.5. The summed E-state index contributed by atoms with van der Waals surface area (Å²) in [5.74, 6) is 0.0329. The summed E-state index contributed by atoms with van der Waals surface area (Å²) in [6.45, 7) is 1.76. The molecule has 0 aliphatic carbocycles. The maximum absolute atomic E-state index is 9.00. The monoisotopic (exact) mass is 182 g/mol. The van der Waals surface area contributed by atoms with Gasteiger partial charge in [-0.1, -0.05) is 19.1 Å². The molecule has 3 N–H and O–H groups in total. The van der Waals surface area contributed by atoms with Crippen LogP contribution in [0.25, 0.3) is 0 Å². The van der Waals surface area contributed by atoms with Crippen molar-refractivity contribution >= 4 is 0 Å². The lowest BCUT2D eigenvalue weighted by Gasteiger charge is -2.12. The minimum absolute atomic E-state index is 0.190. The van der Waals surface area contributed by atoms with Crippen LogP contribution in [0.3, 0.4) is 0 Å². The summed E-state index contributed by atoms with van der Waals surface area (Å²) >= 11 is 0. The molecule has 0 aliphatic rings. The third-order valence-electron chi connectivity index (χ3n) is 2.00. The Balaban J connectivity index is 2.59. The quantitative estimate of drug-likeness (QED) is 0.608. The molecule has 0 radical (unpaired) electrons. The van der Waals surface area contributed by atoms with Gasteiger partial charge in [0.1, 0.15) is 5.75 Å². The summed E-state index contributed by atoms with van der Waals surface area (Å²) in [5, 5.41) is 26.7. The number of aromatic hydroxyl groups is 1. The van der Waals surface area contributed by atoms with E-state index in [-0.39, 0.29) is 11.7 Å². The van der Waals surface area contributed by atoms with Crippen LogP contribution >= 0.6 is 0 Å². The van der Waals surface area contributed by atoms with Gasteiger partial charge in [-0.2, -0.15) is 0 Å². The summed E-state index contributed by atoms with van der Waals surface area (Å²) in [5.41, 5.74) is 0.985. The molecule has 0 amide bonds. The standard InChI is InChI=1S/C10H14O3/c1-7(10(12)13)6-8-2-4-9(11)5-3-8/h2-5,7,10-13H,6H2,1H3. The van der Waals surface area contributed by atoms with Gasteiger partial charge in [0.05, 0.1) is 0 Å². The SMILES string of the molecule is CC(Cc1ccc(O)cc1)C(O)O. The second-order valence-corrected chi connectivity index (χ2v) is 3.26. The zero-order chi connectivity index (χ0) is 9.84. The van der Waals surface area contributed by atoms with Gasteiger partial charge in [-0.05, 0) is 24.1 Å². The molecule has 0 heterocycles. The molecule has 13 heavy (non-hydrogen) atoms. The second-order valence-electron chi connectivity index (χ2n) is 3.26. The van der Waals surface area contributed by atoms with E-state index in [2.05, 4.69) is 0 Å². The Hall–Kier alpha value is -1.06. The first-order chi connectivity index (χ1) is 6.09. The topological polar surface area (TPSA) is 60.7 Å². The fraction of sp³-hybridized carbons (Fsp3) is 0.400. The Kier molecular flexibility index (Phi) is 3.28. The van der Waals surface area contributed by atoms with Crippen molar-refractivity contribution in [2.45, 2.75) is 19.6 Å². The van der Waals surface area contributed by atoms with Crippen LogP contribution in [0, 0.1) is 5.92 Å². The summed E-state index contributed by atoms with van der Waals surface area (Å²) in [4.78, 5) is 0. The number of benzene rings is 1. The van der Waals surface area contributed by atoms with Crippen LogP contribution in [-0.4, -0.2) is 21.6 Å². The van der Waals surface area contributed by atoms with Crippen molar-refractivity contribution in [3.63, 3.8) is 0 Å². The molecule has 72 valence electrons. The number of aliphatic hydroxyl groups excluding tert-OH is 1. The molecule has 0 spiro atoms. The molecule has 1 aromatic carbocycles. The van der Waals surface area contributed by atoms with E-state index in [1.54, 1.807) is 31.2 Å². The van der Waals surface area contributed by atoms with Crippen molar-refractivity contribution < 1.29 is 15.3 Å².